The Hall–Kier alpha value is -3.79. The third-order valence-corrected chi connectivity index (χ3v) is 6.62. The number of methoxy groups -OCH3 is 1. The topological polar surface area (TPSA) is 106 Å². The van der Waals surface area contributed by atoms with Crippen LogP contribution < -0.4 is 10.3 Å². The monoisotopic (exact) mass is 496 g/mol. The first-order valence-corrected chi connectivity index (χ1v) is 11.5. The van der Waals surface area contributed by atoms with E-state index in [1.54, 1.807) is 42.3 Å². The van der Waals surface area contributed by atoms with Crippen molar-refractivity contribution in [2.45, 2.75) is 25.3 Å². The van der Waals surface area contributed by atoms with Crippen molar-refractivity contribution >= 4 is 28.7 Å². The first kappa shape index (κ1) is 23.0. The van der Waals surface area contributed by atoms with Gasteiger partial charge in [0.25, 0.3) is 11.5 Å². The molecule has 35 heavy (non-hydrogen) atoms. The molecule has 1 N–H and O–H groups in total. The second-order valence-electron chi connectivity index (χ2n) is 8.37. The van der Waals surface area contributed by atoms with Crippen molar-refractivity contribution in [1.82, 2.24) is 29.9 Å². The van der Waals surface area contributed by atoms with E-state index in [1.165, 1.54) is 16.8 Å². The van der Waals surface area contributed by atoms with Gasteiger partial charge in [-0.2, -0.15) is 0 Å². The van der Waals surface area contributed by atoms with Crippen LogP contribution in [-0.2, 0) is 6.54 Å². The molecule has 1 aliphatic heterocycles. The lowest BCUT2D eigenvalue weighted by Crippen LogP contribution is -2.38. The number of piperidine rings is 1. The number of nitrogens with zero attached hydrogens (tertiary/aromatic N) is 5. The first-order valence-electron chi connectivity index (χ1n) is 11.1. The number of fused-ring (bicyclic) bond motifs is 1. The number of aromatic amines is 1. The molecule has 2 aromatic heterocycles. The number of likely N-dealkylation sites (tertiary alicyclic amines) is 1. The Morgan fingerprint density at radius 1 is 1.20 bits per heavy atom. The van der Waals surface area contributed by atoms with Crippen LogP contribution in [0.25, 0.3) is 11.2 Å². The Kier molecular flexibility index (Phi) is 6.21. The molecular weight excluding hydrogens is 475 g/mol. The maximum absolute atomic E-state index is 14.3. The molecule has 0 radical (unpaired) electrons. The highest BCUT2D eigenvalue weighted by Gasteiger charge is 2.27. The summed E-state index contributed by atoms with van der Waals surface area (Å²) in [7, 11) is 1.58. The van der Waals surface area contributed by atoms with Crippen LogP contribution in [0, 0.1) is 5.82 Å². The van der Waals surface area contributed by atoms with Gasteiger partial charge in [-0.15, -0.1) is 5.10 Å². The molecule has 3 heterocycles. The zero-order valence-electron chi connectivity index (χ0n) is 18.9. The molecule has 4 aromatic rings. The van der Waals surface area contributed by atoms with Gasteiger partial charge in [0.05, 0.1) is 13.7 Å². The number of carbonyl (C=O) groups is 1. The lowest BCUT2D eigenvalue weighted by molar-refractivity contribution is 0.0711. The maximum atomic E-state index is 14.3. The fourth-order valence-electron chi connectivity index (χ4n) is 4.29. The number of ether oxygens (including phenoxy) is 1. The number of amides is 1. The van der Waals surface area contributed by atoms with E-state index in [2.05, 4.69) is 20.3 Å². The predicted molar refractivity (Wildman–Crippen MR) is 127 cm³/mol. The van der Waals surface area contributed by atoms with Crippen LogP contribution in [0.1, 0.15) is 40.5 Å². The lowest BCUT2D eigenvalue weighted by atomic mass is 9.95. The molecule has 1 saturated heterocycles. The molecule has 9 nitrogen and oxygen atoms in total. The molecule has 0 aliphatic carbocycles. The zero-order chi connectivity index (χ0) is 24.5. The van der Waals surface area contributed by atoms with Gasteiger partial charge in [0.2, 0.25) is 0 Å². The van der Waals surface area contributed by atoms with Crippen LogP contribution in [0.3, 0.4) is 0 Å². The number of hydrogen-bond acceptors (Lipinski definition) is 6. The number of aromatic nitrogens is 5. The summed E-state index contributed by atoms with van der Waals surface area (Å²) in [6.45, 7) is 1.05. The predicted octanol–water partition coefficient (Wildman–Crippen LogP) is 3.38. The lowest BCUT2D eigenvalue weighted by Gasteiger charge is -2.31. The van der Waals surface area contributed by atoms with Gasteiger partial charge < -0.3 is 14.6 Å². The van der Waals surface area contributed by atoms with Crippen LogP contribution in [0.5, 0.6) is 5.75 Å². The van der Waals surface area contributed by atoms with Gasteiger partial charge in [-0.25, -0.2) is 14.1 Å². The summed E-state index contributed by atoms with van der Waals surface area (Å²) in [6, 6.07) is 11.4. The molecule has 1 amide bonds. The van der Waals surface area contributed by atoms with Crippen molar-refractivity contribution in [1.29, 1.82) is 0 Å². The molecule has 0 bridgehead atoms. The minimum absolute atomic E-state index is 0.00723. The van der Waals surface area contributed by atoms with Crippen LogP contribution in [-0.4, -0.2) is 56.0 Å². The summed E-state index contributed by atoms with van der Waals surface area (Å²) in [5, 5.41) is 8.18. The summed E-state index contributed by atoms with van der Waals surface area (Å²) in [5.74, 6) is 0.624. The number of nitrogens with one attached hydrogen (secondary N) is 1. The molecule has 0 atom stereocenters. The average Bonchev–Trinajstić information content (AvgIpc) is 3.29. The van der Waals surface area contributed by atoms with E-state index in [-0.39, 0.29) is 40.1 Å². The molecule has 1 fully saturated rings. The molecule has 5 rings (SSSR count). The fourth-order valence-corrected chi connectivity index (χ4v) is 4.51. The number of carbonyl (C=O) groups excluding carboxylic acids is 1. The van der Waals surface area contributed by atoms with Crippen LogP contribution in [0.2, 0.25) is 5.02 Å². The fraction of sp³-hybridized carbons (Fsp3) is 0.292. The van der Waals surface area contributed by atoms with Crippen molar-refractivity contribution in [3.05, 3.63) is 80.6 Å². The Morgan fingerprint density at radius 3 is 2.63 bits per heavy atom. The van der Waals surface area contributed by atoms with Gasteiger partial charge in [-0.3, -0.25) is 9.59 Å². The third-order valence-electron chi connectivity index (χ3n) is 6.27. The summed E-state index contributed by atoms with van der Waals surface area (Å²) in [4.78, 5) is 34.7. The summed E-state index contributed by atoms with van der Waals surface area (Å²) >= 11 is 6.15. The van der Waals surface area contributed by atoms with Crippen molar-refractivity contribution in [3.63, 3.8) is 0 Å². The Labute approximate surface area is 204 Å². The molecule has 11 heteroatoms. The molecule has 0 unspecified atom stereocenters. The molecule has 0 saturated carbocycles. The third kappa shape index (κ3) is 4.49. The molecule has 0 spiro atoms. The summed E-state index contributed by atoms with van der Waals surface area (Å²) in [5.41, 5.74) is 0.773. The number of hydrogen-bond donors (Lipinski definition) is 1. The Morgan fingerprint density at radius 2 is 1.94 bits per heavy atom. The minimum Gasteiger partial charge on any atom is -0.497 e. The van der Waals surface area contributed by atoms with Crippen LogP contribution >= 0.6 is 11.6 Å². The number of H-pyrrole nitrogens is 1. The van der Waals surface area contributed by atoms with Gasteiger partial charge in [-0.1, -0.05) is 22.9 Å². The van der Waals surface area contributed by atoms with Gasteiger partial charge in [0.1, 0.15) is 17.4 Å². The second-order valence-corrected chi connectivity index (χ2v) is 8.77. The highest BCUT2D eigenvalue weighted by atomic mass is 35.5. The second kappa shape index (κ2) is 9.46. The summed E-state index contributed by atoms with van der Waals surface area (Å²) < 4.78 is 20.8. The van der Waals surface area contributed by atoms with Crippen molar-refractivity contribution in [2.24, 2.45) is 0 Å². The zero-order valence-corrected chi connectivity index (χ0v) is 19.6. The Bertz CT molecular complexity index is 1420. The molecule has 180 valence electrons. The van der Waals surface area contributed by atoms with E-state index >= 15 is 0 Å². The standard InChI is InChI=1S/C24H22ClFN6O3/c1-35-16-7-5-15(6-8-16)24(34)31-11-9-14(10-12-31)21-27-22-20(23(33)28-21)29-30-32(22)13-17-18(25)3-2-4-19(17)26/h2-8,14H,9-13H2,1H3,(H,27,28,33). The number of benzene rings is 2. The SMILES string of the molecule is COc1ccc(C(=O)N2CCC(c3nc4c(nnn4Cc4c(F)cccc4Cl)c(=O)[nH]3)CC2)cc1. The average molecular weight is 497 g/mol. The van der Waals surface area contributed by atoms with Crippen LogP contribution in [0.4, 0.5) is 4.39 Å². The van der Waals surface area contributed by atoms with Crippen molar-refractivity contribution in [3.8, 4) is 5.75 Å². The molecule has 1 aliphatic rings. The van der Waals surface area contributed by atoms with E-state index in [9.17, 15) is 14.0 Å². The first-order chi connectivity index (χ1) is 16.9. The minimum atomic E-state index is -0.472. The molecular formula is C24H22ClFN6O3. The number of halogens is 2. The van der Waals surface area contributed by atoms with E-state index < -0.39 is 11.4 Å². The van der Waals surface area contributed by atoms with E-state index in [0.29, 0.717) is 43.1 Å². The van der Waals surface area contributed by atoms with Crippen LogP contribution in [0.15, 0.2) is 47.3 Å². The van der Waals surface area contributed by atoms with Gasteiger partial charge in [0.15, 0.2) is 11.2 Å². The van der Waals surface area contributed by atoms with Crippen molar-refractivity contribution < 1.29 is 13.9 Å². The van der Waals surface area contributed by atoms with Crippen molar-refractivity contribution in [2.75, 3.05) is 20.2 Å². The smallest absolute Gasteiger partial charge is 0.281 e. The maximum Gasteiger partial charge on any atom is 0.281 e. The molecule has 2 aromatic carbocycles. The van der Waals surface area contributed by atoms with Gasteiger partial charge in [0, 0.05) is 35.2 Å². The largest absolute Gasteiger partial charge is 0.497 e. The van der Waals surface area contributed by atoms with E-state index in [0.717, 1.165) is 0 Å². The quantitative estimate of drug-likeness (QED) is 0.454. The highest BCUT2D eigenvalue weighted by molar-refractivity contribution is 6.31. The highest BCUT2D eigenvalue weighted by Crippen LogP contribution is 2.27. The summed E-state index contributed by atoms with van der Waals surface area (Å²) in [6.07, 6.45) is 1.27. The van der Waals surface area contributed by atoms with Gasteiger partial charge >= 0.3 is 0 Å². The Balaban J connectivity index is 1.34. The van der Waals surface area contributed by atoms with Gasteiger partial charge in [-0.05, 0) is 49.2 Å². The number of rotatable bonds is 5. The van der Waals surface area contributed by atoms with E-state index in [1.807, 2.05) is 0 Å². The normalized spacial score (nSPS) is 14.4. The van der Waals surface area contributed by atoms with E-state index in [4.69, 9.17) is 16.3 Å².